The highest BCUT2D eigenvalue weighted by Crippen LogP contribution is 2.21. The van der Waals surface area contributed by atoms with Gasteiger partial charge < -0.3 is 5.32 Å². The van der Waals surface area contributed by atoms with Crippen LogP contribution in [0.5, 0.6) is 0 Å². The van der Waals surface area contributed by atoms with Gasteiger partial charge >= 0.3 is 0 Å². The second-order valence-electron chi connectivity index (χ2n) is 2.93. The maximum absolute atomic E-state index is 13.4. The summed E-state index contributed by atoms with van der Waals surface area (Å²) in [6, 6.07) is 10.9. The molecule has 0 saturated carbocycles. The predicted molar refractivity (Wildman–Crippen MR) is 53.5 cm³/mol. The number of rotatable bonds is 1. The Morgan fingerprint density at radius 3 is 2.69 bits per heavy atom. The molecule has 0 saturated heterocycles. The zero-order chi connectivity index (χ0) is 9.26. The van der Waals surface area contributed by atoms with E-state index in [1.807, 2.05) is 24.3 Å². The Morgan fingerprint density at radius 2 is 1.92 bits per heavy atom. The molecule has 0 aliphatic rings. The monoisotopic (exact) mass is 175 g/mol. The standard InChI is InChI=1S/C11H10FN/c1-13-9-6-8-4-2-3-5-10(8)11(12)7-9/h2-7,13H,1H3. The van der Waals surface area contributed by atoms with Crippen LogP contribution in [0.4, 0.5) is 10.1 Å². The van der Waals surface area contributed by atoms with Crippen molar-refractivity contribution in [1.82, 2.24) is 0 Å². The molecule has 0 amide bonds. The van der Waals surface area contributed by atoms with Crippen LogP contribution in [-0.2, 0) is 0 Å². The van der Waals surface area contributed by atoms with E-state index in [-0.39, 0.29) is 5.82 Å². The van der Waals surface area contributed by atoms with Crippen LogP contribution < -0.4 is 5.32 Å². The van der Waals surface area contributed by atoms with Crippen molar-refractivity contribution in [3.8, 4) is 0 Å². The fourth-order valence-electron chi connectivity index (χ4n) is 1.41. The molecule has 0 aromatic heterocycles. The van der Waals surface area contributed by atoms with Gasteiger partial charge in [-0.15, -0.1) is 0 Å². The van der Waals surface area contributed by atoms with Gasteiger partial charge in [-0.2, -0.15) is 0 Å². The maximum Gasteiger partial charge on any atom is 0.133 e. The smallest absolute Gasteiger partial charge is 0.133 e. The van der Waals surface area contributed by atoms with Crippen LogP contribution in [0.3, 0.4) is 0 Å². The lowest BCUT2D eigenvalue weighted by Crippen LogP contribution is -1.89. The van der Waals surface area contributed by atoms with Crippen molar-refractivity contribution in [2.45, 2.75) is 0 Å². The Bertz CT molecular complexity index is 437. The summed E-state index contributed by atoms with van der Waals surface area (Å²) in [6.07, 6.45) is 0. The number of fused-ring (bicyclic) bond motifs is 1. The van der Waals surface area contributed by atoms with Crippen LogP contribution in [0.25, 0.3) is 10.8 Å². The van der Waals surface area contributed by atoms with Crippen molar-refractivity contribution in [3.05, 3.63) is 42.2 Å². The molecule has 1 N–H and O–H groups in total. The van der Waals surface area contributed by atoms with Gasteiger partial charge in [0.2, 0.25) is 0 Å². The summed E-state index contributed by atoms with van der Waals surface area (Å²) in [5.74, 6) is -0.178. The van der Waals surface area contributed by atoms with Crippen LogP contribution >= 0.6 is 0 Å². The average molecular weight is 175 g/mol. The minimum atomic E-state index is -0.178. The summed E-state index contributed by atoms with van der Waals surface area (Å²) in [5, 5.41) is 4.51. The van der Waals surface area contributed by atoms with E-state index in [2.05, 4.69) is 5.32 Å². The molecule has 0 radical (unpaired) electrons. The zero-order valence-corrected chi connectivity index (χ0v) is 7.34. The van der Waals surface area contributed by atoms with Crippen LogP contribution in [-0.4, -0.2) is 7.05 Å². The molecule has 2 aromatic rings. The minimum absolute atomic E-state index is 0.178. The van der Waals surface area contributed by atoms with Gasteiger partial charge in [0.1, 0.15) is 5.82 Å². The molecule has 0 spiro atoms. The van der Waals surface area contributed by atoms with E-state index in [0.717, 1.165) is 11.1 Å². The van der Waals surface area contributed by atoms with E-state index in [1.54, 1.807) is 13.1 Å². The van der Waals surface area contributed by atoms with Crippen molar-refractivity contribution in [1.29, 1.82) is 0 Å². The lowest BCUT2D eigenvalue weighted by Gasteiger charge is -2.03. The highest BCUT2D eigenvalue weighted by Gasteiger charge is 2.00. The molecule has 0 unspecified atom stereocenters. The van der Waals surface area contributed by atoms with E-state index in [0.29, 0.717) is 5.39 Å². The molecule has 0 aliphatic carbocycles. The third-order valence-electron chi connectivity index (χ3n) is 2.10. The Hall–Kier alpha value is -1.57. The summed E-state index contributed by atoms with van der Waals surface area (Å²) < 4.78 is 13.4. The number of nitrogens with one attached hydrogen (secondary N) is 1. The molecule has 0 aliphatic heterocycles. The molecule has 0 fully saturated rings. The average Bonchev–Trinajstić information content (AvgIpc) is 2.18. The van der Waals surface area contributed by atoms with E-state index >= 15 is 0 Å². The number of halogens is 1. The van der Waals surface area contributed by atoms with Crippen molar-refractivity contribution >= 4 is 16.5 Å². The molecule has 1 nitrogen and oxygen atoms in total. The summed E-state index contributed by atoms with van der Waals surface area (Å²) in [4.78, 5) is 0. The summed E-state index contributed by atoms with van der Waals surface area (Å²) in [7, 11) is 1.78. The first-order chi connectivity index (χ1) is 6.31. The van der Waals surface area contributed by atoms with Crippen molar-refractivity contribution in [2.75, 3.05) is 12.4 Å². The highest BCUT2D eigenvalue weighted by molar-refractivity contribution is 5.86. The van der Waals surface area contributed by atoms with Gasteiger partial charge in [0.15, 0.2) is 0 Å². The predicted octanol–water partition coefficient (Wildman–Crippen LogP) is 3.02. The van der Waals surface area contributed by atoms with Gasteiger partial charge in [-0.05, 0) is 17.5 Å². The third kappa shape index (κ3) is 1.35. The lowest BCUT2D eigenvalue weighted by atomic mass is 10.1. The molecule has 0 bridgehead atoms. The molecule has 0 atom stereocenters. The lowest BCUT2D eigenvalue weighted by molar-refractivity contribution is 0.640. The summed E-state index contributed by atoms with van der Waals surface area (Å²) in [5.41, 5.74) is 0.802. The second-order valence-corrected chi connectivity index (χ2v) is 2.93. The fraction of sp³-hybridized carbons (Fsp3) is 0.0909. The molecule has 2 heteroatoms. The summed E-state index contributed by atoms with van der Waals surface area (Å²) >= 11 is 0. The van der Waals surface area contributed by atoms with Crippen LogP contribution in [0.15, 0.2) is 36.4 Å². The van der Waals surface area contributed by atoms with Crippen molar-refractivity contribution < 1.29 is 4.39 Å². The Kier molecular flexibility index (Phi) is 1.89. The molecule has 2 rings (SSSR count). The minimum Gasteiger partial charge on any atom is -0.388 e. The Morgan fingerprint density at radius 1 is 1.15 bits per heavy atom. The summed E-state index contributed by atoms with van der Waals surface area (Å²) in [6.45, 7) is 0. The third-order valence-corrected chi connectivity index (χ3v) is 2.10. The maximum atomic E-state index is 13.4. The van der Waals surface area contributed by atoms with Gasteiger partial charge in [-0.3, -0.25) is 0 Å². The highest BCUT2D eigenvalue weighted by atomic mass is 19.1. The topological polar surface area (TPSA) is 12.0 Å². The number of hydrogen-bond acceptors (Lipinski definition) is 1. The number of hydrogen-bond donors (Lipinski definition) is 1. The zero-order valence-electron chi connectivity index (χ0n) is 7.34. The number of benzene rings is 2. The Labute approximate surface area is 76.2 Å². The molecule has 13 heavy (non-hydrogen) atoms. The fourth-order valence-corrected chi connectivity index (χ4v) is 1.41. The van der Waals surface area contributed by atoms with E-state index in [4.69, 9.17) is 0 Å². The molecule has 66 valence electrons. The van der Waals surface area contributed by atoms with Crippen molar-refractivity contribution in [3.63, 3.8) is 0 Å². The van der Waals surface area contributed by atoms with Crippen LogP contribution in [0.2, 0.25) is 0 Å². The van der Waals surface area contributed by atoms with Gasteiger partial charge in [0.25, 0.3) is 0 Å². The largest absolute Gasteiger partial charge is 0.388 e. The van der Waals surface area contributed by atoms with Crippen LogP contribution in [0, 0.1) is 5.82 Å². The van der Waals surface area contributed by atoms with Gasteiger partial charge in [-0.25, -0.2) is 4.39 Å². The van der Waals surface area contributed by atoms with E-state index in [9.17, 15) is 4.39 Å². The van der Waals surface area contributed by atoms with E-state index < -0.39 is 0 Å². The van der Waals surface area contributed by atoms with Crippen molar-refractivity contribution in [2.24, 2.45) is 0 Å². The first-order valence-electron chi connectivity index (χ1n) is 4.17. The SMILES string of the molecule is CNc1cc(F)c2ccccc2c1. The second kappa shape index (κ2) is 3.05. The van der Waals surface area contributed by atoms with Gasteiger partial charge in [0, 0.05) is 18.1 Å². The number of anilines is 1. The van der Waals surface area contributed by atoms with Gasteiger partial charge in [-0.1, -0.05) is 24.3 Å². The normalized spacial score (nSPS) is 10.3. The first kappa shape index (κ1) is 8.05. The van der Waals surface area contributed by atoms with E-state index in [1.165, 1.54) is 6.07 Å². The quantitative estimate of drug-likeness (QED) is 0.702. The molecular weight excluding hydrogens is 165 g/mol. The molecule has 2 aromatic carbocycles. The molecular formula is C11H10FN. The first-order valence-corrected chi connectivity index (χ1v) is 4.17. The molecule has 0 heterocycles. The van der Waals surface area contributed by atoms with Gasteiger partial charge in [0.05, 0.1) is 0 Å². The Balaban J connectivity index is 2.77. The van der Waals surface area contributed by atoms with Crippen LogP contribution in [0.1, 0.15) is 0 Å².